The van der Waals surface area contributed by atoms with Crippen LogP contribution in [-0.4, -0.2) is 49.6 Å². The molecular weight excluding hydrogens is 548 g/mol. The number of nitrogens with zero attached hydrogens (tertiary/aromatic N) is 3. The first-order valence-electron chi connectivity index (χ1n) is 15.3. The van der Waals surface area contributed by atoms with Crippen molar-refractivity contribution in [1.29, 1.82) is 0 Å². The van der Waals surface area contributed by atoms with Crippen LogP contribution in [0.2, 0.25) is 0 Å². The van der Waals surface area contributed by atoms with E-state index in [0.29, 0.717) is 19.0 Å². The Morgan fingerprint density at radius 3 is 2.18 bits per heavy atom. The number of ether oxygens (including phenoxy) is 1. The number of nitrogens with one attached hydrogen (secondary N) is 3. The molecule has 2 atom stereocenters. The van der Waals surface area contributed by atoms with Crippen LogP contribution in [0, 0.1) is 0 Å². The normalized spacial score (nSPS) is 18.8. The van der Waals surface area contributed by atoms with Gasteiger partial charge in [-0.25, -0.2) is 14.8 Å². The average molecular weight is 587 g/mol. The van der Waals surface area contributed by atoms with Gasteiger partial charge >= 0.3 is 6.09 Å². The molecule has 8 nitrogen and oxygen atoms in total. The third-order valence-corrected chi connectivity index (χ3v) is 8.46. The quantitative estimate of drug-likeness (QED) is 0.182. The van der Waals surface area contributed by atoms with Crippen molar-refractivity contribution in [3.8, 4) is 33.6 Å². The Labute approximate surface area is 257 Å². The zero-order chi connectivity index (χ0) is 30.4. The van der Waals surface area contributed by atoms with Gasteiger partial charge in [-0.2, -0.15) is 0 Å². The molecule has 4 heterocycles. The number of benzene rings is 3. The Hall–Kier alpha value is -4.69. The van der Waals surface area contributed by atoms with Crippen LogP contribution in [0.3, 0.4) is 0 Å². The third-order valence-electron chi connectivity index (χ3n) is 8.46. The standard InChI is InChI=1S/C36H38N6O2/c1-22-16-32(42(21-22)35(43)44-36(2,3)4)34-39-19-30(41-34)24-9-7-23(8-10-24)25-11-12-27-18-28(14-13-26(27)17-25)31-20-38-33(40-31)29-6-5-15-37-29/h7-14,17-20,29,32,37H,1,5-6,15-16,21H2,2-4H3,(H,38,40)(H,39,41)/t29-,32-/m0/s1. The molecule has 44 heavy (non-hydrogen) atoms. The molecule has 0 radical (unpaired) electrons. The van der Waals surface area contributed by atoms with Gasteiger partial charge in [0.15, 0.2) is 0 Å². The molecule has 3 aromatic carbocycles. The summed E-state index contributed by atoms with van der Waals surface area (Å²) in [6.45, 7) is 11.3. The molecular formula is C36H38N6O2. The SMILES string of the molecule is C=C1C[C@@H](c2ncc(-c3ccc(-c4ccc5cc(-c6cnc([C@@H]7CCCN7)[nH]6)ccc5c4)cc3)[nH]2)N(C(=O)OC(C)(C)C)C1. The van der Waals surface area contributed by atoms with Crippen molar-refractivity contribution in [1.82, 2.24) is 30.2 Å². The summed E-state index contributed by atoms with van der Waals surface area (Å²) in [6.07, 6.45) is 6.41. The molecule has 0 spiro atoms. The maximum absolute atomic E-state index is 12.9. The highest BCUT2D eigenvalue weighted by molar-refractivity contribution is 5.90. The summed E-state index contributed by atoms with van der Waals surface area (Å²) >= 11 is 0. The molecule has 2 aliphatic rings. The number of hydrogen-bond donors (Lipinski definition) is 3. The summed E-state index contributed by atoms with van der Waals surface area (Å²) in [5.74, 6) is 1.76. The van der Waals surface area contributed by atoms with Gasteiger partial charge in [0, 0.05) is 12.1 Å². The second kappa shape index (κ2) is 11.1. The number of aromatic amines is 2. The molecule has 3 N–H and O–H groups in total. The van der Waals surface area contributed by atoms with E-state index in [4.69, 9.17) is 4.74 Å². The minimum Gasteiger partial charge on any atom is -0.444 e. The van der Waals surface area contributed by atoms with Crippen LogP contribution in [0.15, 0.2) is 85.2 Å². The highest BCUT2D eigenvalue weighted by Gasteiger charge is 2.36. The van der Waals surface area contributed by atoms with Gasteiger partial charge in [0.05, 0.1) is 35.9 Å². The van der Waals surface area contributed by atoms with Crippen LogP contribution in [0.25, 0.3) is 44.4 Å². The van der Waals surface area contributed by atoms with Crippen molar-refractivity contribution in [3.63, 3.8) is 0 Å². The molecule has 2 fully saturated rings. The molecule has 7 rings (SSSR count). The number of aromatic nitrogens is 4. The molecule has 1 amide bonds. The maximum atomic E-state index is 12.9. The first-order chi connectivity index (χ1) is 21.2. The van der Waals surface area contributed by atoms with Crippen molar-refractivity contribution in [3.05, 3.63) is 96.9 Å². The topological polar surface area (TPSA) is 98.9 Å². The summed E-state index contributed by atoms with van der Waals surface area (Å²) in [7, 11) is 0. The summed E-state index contributed by atoms with van der Waals surface area (Å²) < 4.78 is 5.64. The van der Waals surface area contributed by atoms with E-state index in [1.807, 2.05) is 33.2 Å². The number of imidazole rings is 2. The number of carbonyl (C=O) groups excluding carboxylic acids is 1. The second-order valence-corrected chi connectivity index (χ2v) is 12.9. The highest BCUT2D eigenvalue weighted by Crippen LogP contribution is 2.36. The fraction of sp³-hybridized carbons (Fsp3) is 0.306. The molecule has 2 aliphatic heterocycles. The average Bonchev–Trinajstić information content (AvgIpc) is 3.82. The molecule has 0 aliphatic carbocycles. The Kier molecular flexibility index (Phi) is 7.09. The first kappa shape index (κ1) is 28.1. The van der Waals surface area contributed by atoms with Crippen LogP contribution in [0.4, 0.5) is 4.79 Å². The second-order valence-electron chi connectivity index (χ2n) is 12.9. The van der Waals surface area contributed by atoms with Gasteiger partial charge in [-0.1, -0.05) is 60.7 Å². The third kappa shape index (κ3) is 5.65. The molecule has 8 heteroatoms. The van der Waals surface area contributed by atoms with Crippen LogP contribution in [0.5, 0.6) is 0 Å². The van der Waals surface area contributed by atoms with Crippen LogP contribution >= 0.6 is 0 Å². The van der Waals surface area contributed by atoms with Gasteiger partial charge in [-0.3, -0.25) is 4.90 Å². The minimum atomic E-state index is -0.563. The van der Waals surface area contributed by atoms with E-state index in [9.17, 15) is 4.79 Å². The van der Waals surface area contributed by atoms with Gasteiger partial charge in [0.2, 0.25) is 0 Å². The summed E-state index contributed by atoms with van der Waals surface area (Å²) in [6, 6.07) is 21.8. The lowest BCUT2D eigenvalue weighted by Gasteiger charge is -2.27. The Balaban J connectivity index is 1.07. The number of H-pyrrole nitrogens is 2. The molecule has 224 valence electrons. The molecule has 0 saturated carbocycles. The summed E-state index contributed by atoms with van der Waals surface area (Å²) in [5, 5.41) is 5.89. The Morgan fingerprint density at radius 1 is 0.864 bits per heavy atom. The summed E-state index contributed by atoms with van der Waals surface area (Å²) in [4.78, 5) is 30.8. The molecule has 2 aromatic heterocycles. The van der Waals surface area contributed by atoms with E-state index < -0.39 is 5.60 Å². The number of hydrogen-bond acceptors (Lipinski definition) is 5. The minimum absolute atomic E-state index is 0.219. The van der Waals surface area contributed by atoms with Crippen molar-refractivity contribution in [2.24, 2.45) is 0 Å². The van der Waals surface area contributed by atoms with Gasteiger partial charge in [0.1, 0.15) is 17.2 Å². The molecule has 0 unspecified atom stereocenters. The number of likely N-dealkylation sites (tertiary alicyclic amines) is 1. The molecule has 0 bridgehead atoms. The molecule has 2 saturated heterocycles. The fourth-order valence-electron chi connectivity index (χ4n) is 6.22. The lowest BCUT2D eigenvalue weighted by Crippen LogP contribution is -2.36. The predicted molar refractivity (Wildman–Crippen MR) is 174 cm³/mol. The van der Waals surface area contributed by atoms with E-state index in [1.54, 1.807) is 4.90 Å². The fourth-order valence-corrected chi connectivity index (χ4v) is 6.22. The first-order valence-corrected chi connectivity index (χ1v) is 15.3. The number of fused-ring (bicyclic) bond motifs is 1. The van der Waals surface area contributed by atoms with E-state index in [2.05, 4.69) is 92.5 Å². The lowest BCUT2D eigenvalue weighted by molar-refractivity contribution is 0.0222. The van der Waals surface area contributed by atoms with Crippen molar-refractivity contribution >= 4 is 16.9 Å². The van der Waals surface area contributed by atoms with Gasteiger partial charge in [0.25, 0.3) is 0 Å². The largest absolute Gasteiger partial charge is 0.444 e. The number of rotatable bonds is 5. The van der Waals surface area contributed by atoms with E-state index in [1.165, 1.54) is 17.2 Å². The van der Waals surface area contributed by atoms with Crippen LogP contribution in [0.1, 0.15) is 63.8 Å². The number of carbonyl (C=O) groups is 1. The monoisotopic (exact) mass is 586 g/mol. The maximum Gasteiger partial charge on any atom is 0.411 e. The van der Waals surface area contributed by atoms with E-state index in [-0.39, 0.29) is 12.1 Å². The van der Waals surface area contributed by atoms with Crippen LogP contribution < -0.4 is 5.32 Å². The Morgan fingerprint density at radius 2 is 1.48 bits per heavy atom. The highest BCUT2D eigenvalue weighted by atomic mass is 16.6. The number of amides is 1. The van der Waals surface area contributed by atoms with Crippen molar-refractivity contribution in [2.75, 3.05) is 13.1 Å². The smallest absolute Gasteiger partial charge is 0.411 e. The van der Waals surface area contributed by atoms with Crippen molar-refractivity contribution in [2.45, 2.75) is 57.7 Å². The molecule has 5 aromatic rings. The summed E-state index contributed by atoms with van der Waals surface area (Å²) in [5.41, 5.74) is 6.86. The lowest BCUT2D eigenvalue weighted by atomic mass is 9.98. The van der Waals surface area contributed by atoms with Crippen molar-refractivity contribution < 1.29 is 9.53 Å². The van der Waals surface area contributed by atoms with Gasteiger partial charge < -0.3 is 20.0 Å². The van der Waals surface area contributed by atoms with Gasteiger partial charge in [-0.15, -0.1) is 0 Å². The van der Waals surface area contributed by atoms with E-state index >= 15 is 0 Å². The van der Waals surface area contributed by atoms with Gasteiger partial charge in [-0.05, 0) is 86.2 Å². The predicted octanol–water partition coefficient (Wildman–Crippen LogP) is 7.95. The zero-order valence-electron chi connectivity index (χ0n) is 25.5. The zero-order valence-corrected chi connectivity index (χ0v) is 25.5. The van der Waals surface area contributed by atoms with E-state index in [0.717, 1.165) is 63.8 Å². The van der Waals surface area contributed by atoms with Crippen LogP contribution in [-0.2, 0) is 4.74 Å². The Bertz CT molecular complexity index is 1840.